The lowest BCUT2D eigenvalue weighted by molar-refractivity contribution is -0.141. The monoisotopic (exact) mass is 456 g/mol. The number of benzene rings is 2. The van der Waals surface area contributed by atoms with Crippen molar-refractivity contribution in [3.8, 4) is 0 Å². The molecule has 1 atom stereocenters. The number of amides is 2. The van der Waals surface area contributed by atoms with E-state index in [1.807, 2.05) is 37.3 Å². The number of carbonyl (C=O) groups is 2. The third-order valence-electron chi connectivity index (χ3n) is 5.93. The zero-order valence-corrected chi connectivity index (χ0v) is 19.6. The quantitative estimate of drug-likeness (QED) is 0.476. The van der Waals surface area contributed by atoms with Crippen molar-refractivity contribution in [2.75, 3.05) is 5.75 Å². The summed E-state index contributed by atoms with van der Waals surface area (Å²) in [5.41, 5.74) is 0.819. The third kappa shape index (κ3) is 7.37. The summed E-state index contributed by atoms with van der Waals surface area (Å²) in [4.78, 5) is 29.2. The SMILES string of the molecule is CCC(C(=O)NC1CCCCC1)N(Cc1ccc(F)cc1)C(=O)CCSc1ccccc1. The van der Waals surface area contributed by atoms with Gasteiger partial charge in [-0.05, 0) is 49.1 Å². The topological polar surface area (TPSA) is 49.4 Å². The molecule has 1 aliphatic carbocycles. The first-order chi connectivity index (χ1) is 15.6. The van der Waals surface area contributed by atoms with Crippen LogP contribution in [0.5, 0.6) is 0 Å². The van der Waals surface area contributed by atoms with E-state index in [4.69, 9.17) is 0 Å². The van der Waals surface area contributed by atoms with Crippen LogP contribution in [0.1, 0.15) is 57.4 Å². The lowest BCUT2D eigenvalue weighted by Crippen LogP contribution is -2.51. The molecule has 172 valence electrons. The number of halogens is 1. The molecule has 32 heavy (non-hydrogen) atoms. The van der Waals surface area contributed by atoms with Gasteiger partial charge in [-0.25, -0.2) is 4.39 Å². The minimum atomic E-state index is -0.531. The second kappa shape index (κ2) is 12.6. The molecule has 0 aromatic heterocycles. The fraction of sp³-hybridized carbons (Fsp3) is 0.462. The molecule has 1 saturated carbocycles. The summed E-state index contributed by atoms with van der Waals surface area (Å²) in [7, 11) is 0. The minimum absolute atomic E-state index is 0.0524. The summed E-state index contributed by atoms with van der Waals surface area (Å²) in [5.74, 6) is 0.200. The summed E-state index contributed by atoms with van der Waals surface area (Å²) in [6.45, 7) is 2.24. The molecule has 6 heteroatoms. The second-order valence-electron chi connectivity index (χ2n) is 8.33. The van der Waals surface area contributed by atoms with E-state index in [0.29, 0.717) is 25.1 Å². The summed E-state index contributed by atoms with van der Waals surface area (Å²) >= 11 is 1.63. The molecule has 0 heterocycles. The van der Waals surface area contributed by atoms with Gasteiger partial charge in [0.2, 0.25) is 11.8 Å². The largest absolute Gasteiger partial charge is 0.352 e. The number of hydrogen-bond donors (Lipinski definition) is 1. The Hall–Kier alpha value is -2.34. The molecule has 2 amide bonds. The summed E-state index contributed by atoms with van der Waals surface area (Å²) in [6.07, 6.45) is 6.38. The molecule has 0 saturated heterocycles. The Balaban J connectivity index is 1.69. The molecule has 3 rings (SSSR count). The highest BCUT2D eigenvalue weighted by Crippen LogP contribution is 2.21. The minimum Gasteiger partial charge on any atom is -0.352 e. The van der Waals surface area contributed by atoms with Crippen LogP contribution in [0.2, 0.25) is 0 Å². The summed E-state index contributed by atoms with van der Waals surface area (Å²) in [6, 6.07) is 15.8. The average Bonchev–Trinajstić information content (AvgIpc) is 2.81. The Morgan fingerprint density at radius 3 is 2.41 bits per heavy atom. The highest BCUT2D eigenvalue weighted by molar-refractivity contribution is 7.99. The van der Waals surface area contributed by atoms with Crippen molar-refractivity contribution in [1.29, 1.82) is 0 Å². The van der Waals surface area contributed by atoms with E-state index in [9.17, 15) is 14.0 Å². The highest BCUT2D eigenvalue weighted by Gasteiger charge is 2.30. The van der Waals surface area contributed by atoms with Crippen LogP contribution in [0.4, 0.5) is 4.39 Å². The zero-order chi connectivity index (χ0) is 22.8. The Morgan fingerprint density at radius 1 is 1.06 bits per heavy atom. The van der Waals surface area contributed by atoms with Gasteiger partial charge in [0.15, 0.2) is 0 Å². The lowest BCUT2D eigenvalue weighted by atomic mass is 9.95. The van der Waals surface area contributed by atoms with Gasteiger partial charge in [-0.2, -0.15) is 0 Å². The van der Waals surface area contributed by atoms with E-state index in [1.54, 1.807) is 28.8 Å². The van der Waals surface area contributed by atoms with Crippen molar-refractivity contribution in [2.45, 2.75) is 75.4 Å². The molecule has 2 aromatic carbocycles. The van der Waals surface area contributed by atoms with Crippen molar-refractivity contribution in [2.24, 2.45) is 0 Å². The van der Waals surface area contributed by atoms with Crippen LogP contribution in [0.25, 0.3) is 0 Å². The van der Waals surface area contributed by atoms with Crippen LogP contribution in [-0.2, 0) is 16.1 Å². The Kier molecular flexibility index (Phi) is 9.60. The fourth-order valence-electron chi connectivity index (χ4n) is 4.17. The highest BCUT2D eigenvalue weighted by atomic mass is 32.2. The van der Waals surface area contributed by atoms with E-state index in [0.717, 1.165) is 36.1 Å². The molecular formula is C26H33FN2O2S. The van der Waals surface area contributed by atoms with Gasteiger partial charge in [-0.3, -0.25) is 9.59 Å². The van der Waals surface area contributed by atoms with Gasteiger partial charge >= 0.3 is 0 Å². The van der Waals surface area contributed by atoms with E-state index < -0.39 is 6.04 Å². The molecule has 1 aliphatic rings. The maximum Gasteiger partial charge on any atom is 0.243 e. The summed E-state index contributed by atoms with van der Waals surface area (Å²) in [5, 5.41) is 3.18. The summed E-state index contributed by atoms with van der Waals surface area (Å²) < 4.78 is 13.4. The molecule has 1 fully saturated rings. The van der Waals surface area contributed by atoms with Crippen molar-refractivity contribution < 1.29 is 14.0 Å². The molecule has 4 nitrogen and oxygen atoms in total. The number of carbonyl (C=O) groups excluding carboxylic acids is 2. The Bertz CT molecular complexity index is 854. The zero-order valence-electron chi connectivity index (χ0n) is 18.8. The van der Waals surface area contributed by atoms with E-state index in [2.05, 4.69) is 5.32 Å². The number of nitrogens with zero attached hydrogens (tertiary/aromatic N) is 1. The van der Waals surface area contributed by atoms with E-state index in [-0.39, 0.29) is 23.7 Å². The molecule has 0 radical (unpaired) electrons. The van der Waals surface area contributed by atoms with Crippen LogP contribution in [-0.4, -0.2) is 34.6 Å². The maximum atomic E-state index is 13.4. The predicted molar refractivity (Wildman–Crippen MR) is 128 cm³/mol. The predicted octanol–water partition coefficient (Wildman–Crippen LogP) is 5.56. The van der Waals surface area contributed by atoms with Gasteiger partial charge in [-0.15, -0.1) is 11.8 Å². The van der Waals surface area contributed by atoms with Gasteiger partial charge in [-0.1, -0.05) is 56.5 Å². The smallest absolute Gasteiger partial charge is 0.243 e. The molecule has 0 spiro atoms. The normalized spacial score (nSPS) is 15.2. The van der Waals surface area contributed by atoms with Crippen molar-refractivity contribution in [3.05, 3.63) is 66.0 Å². The van der Waals surface area contributed by atoms with Crippen LogP contribution in [0.3, 0.4) is 0 Å². The number of hydrogen-bond acceptors (Lipinski definition) is 3. The van der Waals surface area contributed by atoms with Crippen molar-refractivity contribution >= 4 is 23.6 Å². The molecular weight excluding hydrogens is 423 g/mol. The molecule has 0 aliphatic heterocycles. The number of rotatable bonds is 10. The maximum absolute atomic E-state index is 13.4. The third-order valence-corrected chi connectivity index (χ3v) is 6.95. The Morgan fingerprint density at radius 2 is 1.75 bits per heavy atom. The second-order valence-corrected chi connectivity index (χ2v) is 9.50. The van der Waals surface area contributed by atoms with Crippen LogP contribution in [0.15, 0.2) is 59.5 Å². The fourth-order valence-corrected chi connectivity index (χ4v) is 5.03. The van der Waals surface area contributed by atoms with E-state index in [1.165, 1.54) is 18.6 Å². The number of thioether (sulfide) groups is 1. The lowest BCUT2D eigenvalue weighted by Gasteiger charge is -2.33. The standard InChI is InChI=1S/C26H33FN2O2S/c1-2-24(26(31)28-22-9-5-3-6-10-22)29(19-20-13-15-21(27)16-14-20)25(30)17-18-32-23-11-7-4-8-12-23/h4,7-8,11-16,22,24H,2-3,5-6,9-10,17-19H2,1H3,(H,28,31). The average molecular weight is 457 g/mol. The van der Waals surface area contributed by atoms with Crippen LogP contribution < -0.4 is 5.32 Å². The van der Waals surface area contributed by atoms with Crippen LogP contribution >= 0.6 is 11.8 Å². The van der Waals surface area contributed by atoms with Crippen LogP contribution in [0, 0.1) is 5.82 Å². The first-order valence-corrected chi connectivity index (χ1v) is 12.6. The van der Waals surface area contributed by atoms with Gasteiger partial charge in [0, 0.05) is 29.7 Å². The molecule has 2 aromatic rings. The van der Waals surface area contributed by atoms with Gasteiger partial charge in [0.1, 0.15) is 11.9 Å². The van der Waals surface area contributed by atoms with Crippen molar-refractivity contribution in [3.63, 3.8) is 0 Å². The molecule has 1 unspecified atom stereocenters. The molecule has 1 N–H and O–H groups in total. The van der Waals surface area contributed by atoms with E-state index >= 15 is 0 Å². The first kappa shape index (κ1) is 24.3. The Labute approximate surface area is 195 Å². The van der Waals surface area contributed by atoms with Gasteiger partial charge in [0.25, 0.3) is 0 Å². The van der Waals surface area contributed by atoms with Gasteiger partial charge < -0.3 is 10.2 Å². The number of nitrogens with one attached hydrogen (secondary N) is 1. The first-order valence-electron chi connectivity index (χ1n) is 11.6. The van der Waals surface area contributed by atoms with Gasteiger partial charge in [0.05, 0.1) is 0 Å². The van der Waals surface area contributed by atoms with Crippen molar-refractivity contribution in [1.82, 2.24) is 10.2 Å². The molecule has 0 bridgehead atoms.